The molecular formula is C21H23N5O4. The lowest BCUT2D eigenvalue weighted by atomic mass is 10.2. The Hall–Kier alpha value is -3.46. The van der Waals surface area contributed by atoms with Crippen molar-refractivity contribution in [2.24, 2.45) is 0 Å². The van der Waals surface area contributed by atoms with Gasteiger partial charge in [0.15, 0.2) is 0 Å². The molecular weight excluding hydrogens is 386 g/mol. The van der Waals surface area contributed by atoms with E-state index in [0.717, 1.165) is 5.69 Å². The standard InChI is InChI=1S/C21H23N5O4/c1-30-12-11-26-14-22-18-13-15(5-6-16(18)20(26)28)24-7-9-25(10-8-24)21(29)17-3-2-4-19(27)23-17/h2-6,13-14H,7-12H2,1H3,(H,23,27). The van der Waals surface area contributed by atoms with E-state index in [1.54, 1.807) is 41.1 Å². The molecule has 1 aromatic carbocycles. The van der Waals surface area contributed by atoms with E-state index in [9.17, 15) is 14.4 Å². The van der Waals surface area contributed by atoms with Gasteiger partial charge >= 0.3 is 0 Å². The molecule has 0 unspecified atom stereocenters. The number of nitrogens with zero attached hydrogens (tertiary/aromatic N) is 4. The summed E-state index contributed by atoms with van der Waals surface area (Å²) in [5.74, 6) is -0.177. The zero-order valence-corrected chi connectivity index (χ0v) is 16.7. The molecule has 9 nitrogen and oxygen atoms in total. The van der Waals surface area contributed by atoms with Crippen molar-refractivity contribution in [1.82, 2.24) is 19.4 Å². The van der Waals surface area contributed by atoms with Crippen LogP contribution >= 0.6 is 0 Å². The van der Waals surface area contributed by atoms with Crippen molar-refractivity contribution in [2.75, 3.05) is 44.8 Å². The largest absolute Gasteiger partial charge is 0.383 e. The normalized spacial score (nSPS) is 14.3. The van der Waals surface area contributed by atoms with Crippen LogP contribution in [-0.2, 0) is 11.3 Å². The number of H-pyrrole nitrogens is 1. The van der Waals surface area contributed by atoms with Crippen molar-refractivity contribution >= 4 is 22.5 Å². The number of fused-ring (bicyclic) bond motifs is 1. The molecule has 156 valence electrons. The molecule has 4 rings (SSSR count). The average molecular weight is 409 g/mol. The van der Waals surface area contributed by atoms with Crippen molar-refractivity contribution in [2.45, 2.75) is 6.54 Å². The Bertz CT molecular complexity index is 1180. The number of hydrogen-bond donors (Lipinski definition) is 1. The fourth-order valence-electron chi connectivity index (χ4n) is 3.60. The van der Waals surface area contributed by atoms with E-state index >= 15 is 0 Å². The quantitative estimate of drug-likeness (QED) is 0.666. The molecule has 1 fully saturated rings. The number of piperazine rings is 1. The highest BCUT2D eigenvalue weighted by Gasteiger charge is 2.23. The molecule has 30 heavy (non-hydrogen) atoms. The van der Waals surface area contributed by atoms with Gasteiger partial charge in [-0.1, -0.05) is 6.07 Å². The van der Waals surface area contributed by atoms with E-state index in [1.807, 2.05) is 12.1 Å². The van der Waals surface area contributed by atoms with E-state index in [4.69, 9.17) is 4.74 Å². The molecule has 1 amide bonds. The molecule has 0 saturated carbocycles. The topological polar surface area (TPSA) is 101 Å². The van der Waals surface area contributed by atoms with Gasteiger partial charge in [0.1, 0.15) is 5.69 Å². The highest BCUT2D eigenvalue weighted by Crippen LogP contribution is 2.21. The summed E-state index contributed by atoms with van der Waals surface area (Å²) in [5, 5.41) is 0.569. The number of hydrogen-bond acceptors (Lipinski definition) is 6. The Morgan fingerprint density at radius 2 is 1.93 bits per heavy atom. The summed E-state index contributed by atoms with van der Waals surface area (Å²) < 4.78 is 6.58. The Kier molecular flexibility index (Phi) is 5.62. The van der Waals surface area contributed by atoms with Crippen molar-refractivity contribution in [3.8, 4) is 0 Å². The summed E-state index contributed by atoms with van der Waals surface area (Å²) >= 11 is 0. The van der Waals surface area contributed by atoms with Gasteiger partial charge < -0.3 is 19.5 Å². The zero-order valence-electron chi connectivity index (χ0n) is 16.7. The Labute approximate surface area is 172 Å². The molecule has 1 aliphatic heterocycles. The van der Waals surface area contributed by atoms with Gasteiger partial charge in [-0.25, -0.2) is 4.98 Å². The van der Waals surface area contributed by atoms with Crippen molar-refractivity contribution in [3.05, 3.63) is 69.1 Å². The Morgan fingerprint density at radius 1 is 1.13 bits per heavy atom. The molecule has 0 spiro atoms. The number of aromatic nitrogens is 3. The van der Waals surface area contributed by atoms with E-state index in [-0.39, 0.29) is 17.0 Å². The summed E-state index contributed by atoms with van der Waals surface area (Å²) in [4.78, 5) is 47.5. The van der Waals surface area contributed by atoms with E-state index < -0.39 is 0 Å². The number of carbonyl (C=O) groups excluding carboxylic acids is 1. The lowest BCUT2D eigenvalue weighted by Gasteiger charge is -2.36. The first-order valence-electron chi connectivity index (χ1n) is 9.78. The van der Waals surface area contributed by atoms with Crippen LogP contribution in [0.2, 0.25) is 0 Å². The van der Waals surface area contributed by atoms with Crippen LogP contribution < -0.4 is 16.0 Å². The van der Waals surface area contributed by atoms with Gasteiger partial charge in [0.05, 0.1) is 30.4 Å². The Balaban J connectivity index is 1.47. The number of ether oxygens (including phenoxy) is 1. The maximum Gasteiger partial charge on any atom is 0.270 e. The van der Waals surface area contributed by atoms with Gasteiger partial charge in [0, 0.05) is 45.0 Å². The number of nitrogens with one attached hydrogen (secondary N) is 1. The minimum atomic E-state index is -0.288. The van der Waals surface area contributed by atoms with Crippen LogP contribution in [-0.4, -0.2) is 65.2 Å². The number of aromatic amines is 1. The fourth-order valence-corrected chi connectivity index (χ4v) is 3.60. The predicted octanol–water partition coefficient (Wildman–Crippen LogP) is 0.694. The van der Waals surface area contributed by atoms with Gasteiger partial charge in [-0.15, -0.1) is 0 Å². The molecule has 3 aromatic rings. The van der Waals surface area contributed by atoms with Crippen molar-refractivity contribution in [1.29, 1.82) is 0 Å². The van der Waals surface area contributed by atoms with E-state index in [2.05, 4.69) is 14.9 Å². The van der Waals surface area contributed by atoms with Crippen LogP contribution in [0.3, 0.4) is 0 Å². The predicted molar refractivity (Wildman–Crippen MR) is 113 cm³/mol. The monoisotopic (exact) mass is 409 g/mol. The van der Waals surface area contributed by atoms with Crippen molar-refractivity contribution in [3.63, 3.8) is 0 Å². The van der Waals surface area contributed by atoms with Crippen molar-refractivity contribution < 1.29 is 9.53 Å². The number of pyridine rings is 1. The molecule has 9 heteroatoms. The first kappa shape index (κ1) is 19.8. The third kappa shape index (κ3) is 3.97. The summed E-state index contributed by atoms with van der Waals surface area (Å²) in [6.07, 6.45) is 1.55. The molecule has 0 radical (unpaired) electrons. The van der Waals surface area contributed by atoms with Crippen LogP contribution in [0.25, 0.3) is 10.9 Å². The third-order valence-corrected chi connectivity index (χ3v) is 5.28. The van der Waals surface area contributed by atoms with Gasteiger partial charge in [0.2, 0.25) is 5.56 Å². The molecule has 2 aromatic heterocycles. The SMILES string of the molecule is COCCn1cnc2cc(N3CCN(C(=O)c4cccc(=O)[nH]4)CC3)ccc2c1=O. The van der Waals surface area contributed by atoms with Gasteiger partial charge in [-0.2, -0.15) is 0 Å². The number of anilines is 1. The summed E-state index contributed by atoms with van der Waals surface area (Å²) in [6.45, 7) is 3.30. The molecule has 1 aliphatic rings. The van der Waals surface area contributed by atoms with E-state index in [1.165, 1.54) is 6.07 Å². The van der Waals surface area contributed by atoms with Crippen LogP contribution in [0.1, 0.15) is 10.5 Å². The minimum Gasteiger partial charge on any atom is -0.383 e. The fraction of sp³-hybridized carbons (Fsp3) is 0.333. The zero-order chi connectivity index (χ0) is 21.1. The van der Waals surface area contributed by atoms with Crippen LogP contribution in [0.4, 0.5) is 5.69 Å². The second kappa shape index (κ2) is 8.50. The van der Waals surface area contributed by atoms with Gasteiger partial charge in [-0.05, 0) is 24.3 Å². The maximum atomic E-state index is 12.6. The van der Waals surface area contributed by atoms with Gasteiger partial charge in [-0.3, -0.25) is 19.0 Å². The van der Waals surface area contributed by atoms with Crippen LogP contribution in [0.15, 0.2) is 52.3 Å². The highest BCUT2D eigenvalue weighted by atomic mass is 16.5. The number of carbonyl (C=O) groups is 1. The number of rotatable bonds is 5. The molecule has 0 bridgehead atoms. The second-order valence-corrected chi connectivity index (χ2v) is 7.15. The summed E-state index contributed by atoms with van der Waals surface area (Å²) in [7, 11) is 1.60. The molecule has 0 aliphatic carbocycles. The smallest absolute Gasteiger partial charge is 0.270 e. The number of methoxy groups -OCH3 is 1. The molecule has 0 atom stereocenters. The minimum absolute atomic E-state index is 0.0872. The first-order valence-corrected chi connectivity index (χ1v) is 9.78. The van der Waals surface area contributed by atoms with Crippen LogP contribution in [0.5, 0.6) is 0 Å². The second-order valence-electron chi connectivity index (χ2n) is 7.15. The van der Waals surface area contributed by atoms with Crippen LogP contribution in [0, 0.1) is 0 Å². The van der Waals surface area contributed by atoms with Gasteiger partial charge in [0.25, 0.3) is 11.5 Å². The number of amides is 1. The molecule has 1 N–H and O–H groups in total. The molecule has 1 saturated heterocycles. The third-order valence-electron chi connectivity index (χ3n) is 5.28. The lowest BCUT2D eigenvalue weighted by Crippen LogP contribution is -2.49. The highest BCUT2D eigenvalue weighted by molar-refractivity contribution is 5.92. The number of benzene rings is 1. The average Bonchev–Trinajstić information content (AvgIpc) is 2.78. The summed E-state index contributed by atoms with van der Waals surface area (Å²) in [5.41, 5.74) is 1.53. The molecule has 3 heterocycles. The Morgan fingerprint density at radius 3 is 2.67 bits per heavy atom. The summed E-state index contributed by atoms with van der Waals surface area (Å²) in [6, 6.07) is 10.2. The van der Waals surface area contributed by atoms with E-state index in [0.29, 0.717) is 55.9 Å². The first-order chi connectivity index (χ1) is 14.6. The maximum absolute atomic E-state index is 12.6. The lowest BCUT2D eigenvalue weighted by molar-refractivity contribution is 0.0740.